The molecule has 6 heteroatoms. The molecule has 40 heavy (non-hydrogen) atoms. The molecule has 3 aliphatic rings. The summed E-state index contributed by atoms with van der Waals surface area (Å²) in [7, 11) is -1.95. The summed E-state index contributed by atoms with van der Waals surface area (Å²) in [4.78, 5) is 16.3. The fourth-order valence-corrected chi connectivity index (χ4v) is 10.1. The van der Waals surface area contributed by atoms with Crippen LogP contribution in [0.1, 0.15) is 113 Å². The number of nitrogens with zero attached hydrogens (tertiary/aromatic N) is 3. The first-order valence-electron chi connectivity index (χ1n) is 16.3. The summed E-state index contributed by atoms with van der Waals surface area (Å²) in [5, 5.41) is 4.38. The summed E-state index contributed by atoms with van der Waals surface area (Å²) in [6, 6.07) is 0. The molecular formula is C34H61N3O2Si. The molecule has 3 saturated carbocycles. The average molecular weight is 572 g/mol. The summed E-state index contributed by atoms with van der Waals surface area (Å²) >= 11 is 0. The molecule has 0 aromatic rings. The van der Waals surface area contributed by atoms with Crippen LogP contribution in [0.4, 0.5) is 0 Å². The summed E-state index contributed by atoms with van der Waals surface area (Å²) in [5.41, 5.74) is 10.4. The van der Waals surface area contributed by atoms with Crippen molar-refractivity contribution in [3.05, 3.63) is 22.6 Å². The van der Waals surface area contributed by atoms with Crippen LogP contribution in [0.5, 0.6) is 0 Å². The highest BCUT2D eigenvalue weighted by Crippen LogP contribution is 2.65. The molecule has 0 saturated heterocycles. The van der Waals surface area contributed by atoms with Crippen LogP contribution in [0.3, 0.4) is 0 Å². The average Bonchev–Trinajstić information content (AvgIpc) is 3.20. The number of fused-ring (bicyclic) bond motifs is 1. The van der Waals surface area contributed by atoms with E-state index >= 15 is 0 Å². The summed E-state index contributed by atoms with van der Waals surface area (Å²) < 4.78 is 6.80. The van der Waals surface area contributed by atoms with Gasteiger partial charge < -0.3 is 4.43 Å². The maximum atomic E-state index is 13.0. The molecule has 3 fully saturated rings. The topological polar surface area (TPSA) is 75.1 Å². The van der Waals surface area contributed by atoms with Gasteiger partial charge in [0.15, 0.2) is 14.1 Å². The van der Waals surface area contributed by atoms with E-state index in [1.165, 1.54) is 38.5 Å². The molecule has 3 aliphatic carbocycles. The zero-order valence-electron chi connectivity index (χ0n) is 27.7. The van der Waals surface area contributed by atoms with Gasteiger partial charge in [0.25, 0.3) is 0 Å². The second-order valence-electron chi connectivity index (χ2n) is 16.5. The third-order valence-electron chi connectivity index (χ3n) is 12.6. The second-order valence-corrected chi connectivity index (χ2v) is 21.3. The maximum absolute atomic E-state index is 13.0. The fraction of sp³-hybridized carbons (Fsp3) is 0.912. The standard InChI is InChI=1S/C34H61N3O2Si/c1-23(2)13-12-14-24(3)28-15-16-29-27(21-36-37-35)30(17-18-33(28,29)8)34(9)20-25(4)31(38)19-26(34)22-39-40(10,11)32(5,6)7/h23-24,26-30H,4,12-22H2,1-3,5-11H3/t24-,26-,27+,28-,29+,30+,33-,34+/m1/s1. The molecule has 228 valence electrons. The lowest BCUT2D eigenvalue weighted by molar-refractivity contribution is -0.126. The molecule has 0 aromatic heterocycles. The van der Waals surface area contributed by atoms with E-state index in [0.29, 0.717) is 42.7 Å². The van der Waals surface area contributed by atoms with Crippen molar-refractivity contribution < 1.29 is 9.22 Å². The highest BCUT2D eigenvalue weighted by atomic mass is 28.4. The van der Waals surface area contributed by atoms with E-state index in [2.05, 4.69) is 85.1 Å². The molecule has 3 rings (SSSR count). The van der Waals surface area contributed by atoms with Gasteiger partial charge >= 0.3 is 0 Å². The number of ketones is 1. The molecule has 0 heterocycles. The van der Waals surface area contributed by atoms with E-state index in [9.17, 15) is 10.3 Å². The van der Waals surface area contributed by atoms with Gasteiger partial charge in [0.05, 0.1) is 0 Å². The molecule has 0 bridgehead atoms. The first-order valence-corrected chi connectivity index (χ1v) is 19.2. The predicted molar refractivity (Wildman–Crippen MR) is 171 cm³/mol. The van der Waals surface area contributed by atoms with Crippen molar-refractivity contribution in [3.63, 3.8) is 0 Å². The smallest absolute Gasteiger partial charge is 0.191 e. The van der Waals surface area contributed by atoms with Gasteiger partial charge in [-0.2, -0.15) is 0 Å². The van der Waals surface area contributed by atoms with Gasteiger partial charge in [-0.3, -0.25) is 4.79 Å². The molecular weight excluding hydrogens is 510 g/mol. The van der Waals surface area contributed by atoms with Gasteiger partial charge in [0.2, 0.25) is 0 Å². The fourth-order valence-electron chi connectivity index (χ4n) is 9.03. The van der Waals surface area contributed by atoms with Crippen molar-refractivity contribution in [1.29, 1.82) is 0 Å². The number of hydrogen-bond acceptors (Lipinski definition) is 3. The minimum Gasteiger partial charge on any atom is -0.417 e. The SMILES string of the molecule is C=C1C[C@](C)([C@H]2CC[C@]3(C)[C@@H]([C@H](C)CCCC(C)C)CC[C@H]3[C@@H]2CN=[N+]=[N-])[C@@H](CO[Si](C)(C)C(C)(C)C)CC1=O. The number of rotatable bonds is 11. The third-order valence-corrected chi connectivity index (χ3v) is 17.1. The lowest BCUT2D eigenvalue weighted by Gasteiger charge is -2.57. The zero-order chi connectivity index (χ0) is 30.1. The molecule has 0 spiro atoms. The van der Waals surface area contributed by atoms with E-state index in [-0.39, 0.29) is 22.2 Å². The van der Waals surface area contributed by atoms with Crippen LogP contribution in [0.25, 0.3) is 10.4 Å². The lowest BCUT2D eigenvalue weighted by atomic mass is 9.48. The number of allylic oxidation sites excluding steroid dienone is 1. The molecule has 0 N–H and O–H groups in total. The predicted octanol–water partition coefficient (Wildman–Crippen LogP) is 10.4. The number of carbonyl (C=O) groups excluding carboxylic acids is 1. The number of Topliss-reactive ketones (excluding diaryl/α,β-unsaturated/α-hetero) is 1. The minimum atomic E-state index is -1.95. The molecule has 0 radical (unpaired) electrons. The zero-order valence-corrected chi connectivity index (χ0v) is 28.7. The molecule has 0 aromatic carbocycles. The van der Waals surface area contributed by atoms with Crippen LogP contribution in [0.2, 0.25) is 18.1 Å². The highest BCUT2D eigenvalue weighted by molar-refractivity contribution is 6.74. The Morgan fingerprint density at radius 3 is 2.35 bits per heavy atom. The molecule has 5 nitrogen and oxygen atoms in total. The van der Waals surface area contributed by atoms with E-state index < -0.39 is 8.32 Å². The minimum absolute atomic E-state index is 0.0781. The van der Waals surface area contributed by atoms with Gasteiger partial charge in [-0.1, -0.05) is 86.3 Å². The number of azide groups is 1. The van der Waals surface area contributed by atoms with Crippen molar-refractivity contribution in [2.75, 3.05) is 13.2 Å². The quantitative estimate of drug-likeness (QED) is 0.0813. The van der Waals surface area contributed by atoms with E-state index in [1.807, 2.05) is 0 Å². The first-order chi connectivity index (χ1) is 18.5. The molecule has 0 unspecified atom stereocenters. The molecule has 8 atom stereocenters. The van der Waals surface area contributed by atoms with Gasteiger partial charge in [-0.25, -0.2) is 0 Å². The molecule has 0 amide bonds. The van der Waals surface area contributed by atoms with Gasteiger partial charge in [0.1, 0.15) is 0 Å². The van der Waals surface area contributed by atoms with E-state index in [1.54, 1.807) is 0 Å². The van der Waals surface area contributed by atoms with Crippen LogP contribution in [-0.4, -0.2) is 27.3 Å². The Balaban J connectivity index is 1.90. The Kier molecular flexibility index (Phi) is 10.6. The maximum Gasteiger partial charge on any atom is 0.191 e. The van der Waals surface area contributed by atoms with Gasteiger partial charge in [-0.05, 0) is 114 Å². The Morgan fingerprint density at radius 1 is 1.10 bits per heavy atom. The lowest BCUT2D eigenvalue weighted by Crippen LogP contribution is -2.53. The van der Waals surface area contributed by atoms with Crippen LogP contribution < -0.4 is 0 Å². The van der Waals surface area contributed by atoms with E-state index in [0.717, 1.165) is 36.2 Å². The van der Waals surface area contributed by atoms with Crippen molar-refractivity contribution in [2.45, 2.75) is 131 Å². The first kappa shape index (κ1) is 33.4. The van der Waals surface area contributed by atoms with Gasteiger partial charge in [0, 0.05) is 24.5 Å². The van der Waals surface area contributed by atoms with Crippen LogP contribution >= 0.6 is 0 Å². The largest absolute Gasteiger partial charge is 0.417 e. The third kappa shape index (κ3) is 6.75. The van der Waals surface area contributed by atoms with Crippen molar-refractivity contribution in [3.8, 4) is 0 Å². The van der Waals surface area contributed by atoms with Crippen molar-refractivity contribution in [1.82, 2.24) is 0 Å². The van der Waals surface area contributed by atoms with Crippen molar-refractivity contribution in [2.24, 2.45) is 57.4 Å². The van der Waals surface area contributed by atoms with Crippen LogP contribution in [-0.2, 0) is 9.22 Å². The number of hydrogen-bond donors (Lipinski definition) is 0. The monoisotopic (exact) mass is 571 g/mol. The van der Waals surface area contributed by atoms with Gasteiger partial charge in [-0.15, -0.1) is 0 Å². The van der Waals surface area contributed by atoms with Crippen molar-refractivity contribution >= 4 is 14.1 Å². The van der Waals surface area contributed by atoms with E-state index in [4.69, 9.17) is 4.43 Å². The number of carbonyl (C=O) groups is 1. The summed E-state index contributed by atoms with van der Waals surface area (Å²) in [6.07, 6.45) is 10.1. The van der Waals surface area contributed by atoms with Crippen LogP contribution in [0.15, 0.2) is 17.3 Å². The Morgan fingerprint density at radius 2 is 1.75 bits per heavy atom. The normalized spacial score (nSPS) is 35.9. The highest BCUT2D eigenvalue weighted by Gasteiger charge is 2.59. The Hall–Kier alpha value is -1.10. The van der Waals surface area contributed by atoms with Crippen LogP contribution in [0, 0.1) is 52.3 Å². The second kappa shape index (κ2) is 12.6. The Bertz CT molecular complexity index is 965. The molecule has 0 aliphatic heterocycles. The summed E-state index contributed by atoms with van der Waals surface area (Å²) in [6.45, 7) is 29.1. The Labute approximate surface area is 247 Å². The summed E-state index contributed by atoms with van der Waals surface area (Å²) in [5.74, 6) is 3.96.